The zero-order valence-electron chi connectivity index (χ0n) is 15.0. The molecule has 1 atom stereocenters. The number of rotatable bonds is 8. The van der Waals surface area contributed by atoms with Crippen molar-refractivity contribution >= 4 is 21.8 Å². The van der Waals surface area contributed by atoms with Gasteiger partial charge >= 0.3 is 0 Å². The minimum atomic E-state index is -3.71. The van der Waals surface area contributed by atoms with Crippen LogP contribution < -0.4 is 20.3 Å². The van der Waals surface area contributed by atoms with E-state index >= 15 is 0 Å². The van der Waals surface area contributed by atoms with Gasteiger partial charge in [0.25, 0.3) is 5.91 Å². The molecule has 0 heterocycles. The van der Waals surface area contributed by atoms with E-state index in [-0.39, 0.29) is 23.6 Å². The summed E-state index contributed by atoms with van der Waals surface area (Å²) in [4.78, 5) is 23.7. The van der Waals surface area contributed by atoms with Gasteiger partial charge in [0.15, 0.2) is 17.7 Å². The van der Waals surface area contributed by atoms with Crippen LogP contribution in [0.15, 0.2) is 59.5 Å². The average molecular weight is 409 g/mol. The molecular formula is C18H20FN3O5S. The summed E-state index contributed by atoms with van der Waals surface area (Å²) in [6.07, 6.45) is -1.26. The van der Waals surface area contributed by atoms with Crippen LogP contribution in [-0.2, 0) is 19.6 Å². The first-order valence-corrected chi connectivity index (χ1v) is 9.82. The third-order valence-electron chi connectivity index (χ3n) is 3.53. The minimum absolute atomic E-state index is 0.0860. The summed E-state index contributed by atoms with van der Waals surface area (Å²) in [5.74, 6) is -2.01. The lowest BCUT2D eigenvalue weighted by Crippen LogP contribution is -2.47. The maximum Gasteiger partial charge on any atom is 0.279 e. The van der Waals surface area contributed by atoms with Crippen molar-refractivity contribution in [1.29, 1.82) is 0 Å². The molecule has 0 aliphatic heterocycles. The van der Waals surface area contributed by atoms with Crippen LogP contribution in [0, 0.1) is 5.82 Å². The third-order valence-corrected chi connectivity index (χ3v) is 5.01. The summed E-state index contributed by atoms with van der Waals surface area (Å²) < 4.78 is 45.0. The molecule has 28 heavy (non-hydrogen) atoms. The van der Waals surface area contributed by atoms with Gasteiger partial charge in [-0.25, -0.2) is 17.5 Å². The van der Waals surface area contributed by atoms with Gasteiger partial charge in [0.2, 0.25) is 15.9 Å². The number of para-hydroxylation sites is 1. The van der Waals surface area contributed by atoms with Crippen molar-refractivity contribution in [3.8, 4) is 5.75 Å². The lowest BCUT2D eigenvalue weighted by Gasteiger charge is -2.15. The van der Waals surface area contributed by atoms with Crippen LogP contribution in [-0.4, -0.2) is 32.9 Å². The number of hydrazine groups is 1. The normalized spacial score (nSPS) is 12.1. The number of nitrogens with one attached hydrogen (secondary N) is 3. The zero-order valence-corrected chi connectivity index (χ0v) is 15.8. The molecule has 8 nitrogen and oxygen atoms in total. The van der Waals surface area contributed by atoms with Gasteiger partial charge in [-0.3, -0.25) is 20.4 Å². The molecule has 2 aromatic rings. The number of hydrogen-bond acceptors (Lipinski definition) is 5. The highest BCUT2D eigenvalue weighted by atomic mass is 32.2. The average Bonchev–Trinajstić information content (AvgIpc) is 2.68. The number of carbonyl (C=O) groups excluding carboxylic acids is 2. The summed E-state index contributed by atoms with van der Waals surface area (Å²) in [5.41, 5.74) is 4.28. The number of carbonyl (C=O) groups is 2. The SMILES string of the molecule is C[C@@H](Oc1ccccc1F)C(=O)NNC(=O)CCNS(=O)(=O)c1ccccc1. The van der Waals surface area contributed by atoms with Gasteiger partial charge in [0, 0.05) is 13.0 Å². The van der Waals surface area contributed by atoms with E-state index in [1.807, 2.05) is 0 Å². The molecule has 0 radical (unpaired) electrons. The fraction of sp³-hybridized carbons (Fsp3) is 0.222. The first kappa shape index (κ1) is 21.3. The molecule has 2 rings (SSSR count). The fourth-order valence-corrected chi connectivity index (χ4v) is 3.11. The number of amides is 2. The quantitative estimate of drug-likeness (QED) is 0.565. The maximum atomic E-state index is 13.5. The Hall–Kier alpha value is -2.98. The van der Waals surface area contributed by atoms with E-state index in [1.165, 1.54) is 37.3 Å². The van der Waals surface area contributed by atoms with E-state index in [0.717, 1.165) is 0 Å². The summed E-state index contributed by atoms with van der Waals surface area (Å²) in [7, 11) is -3.71. The summed E-state index contributed by atoms with van der Waals surface area (Å²) in [6.45, 7) is 1.24. The lowest BCUT2D eigenvalue weighted by molar-refractivity contribution is -0.132. The second-order valence-corrected chi connectivity index (χ2v) is 7.46. The predicted octanol–water partition coefficient (Wildman–Crippen LogP) is 1.11. The molecule has 0 aliphatic rings. The van der Waals surface area contributed by atoms with Gasteiger partial charge < -0.3 is 4.74 Å². The van der Waals surface area contributed by atoms with E-state index in [1.54, 1.807) is 24.3 Å². The highest BCUT2D eigenvalue weighted by Crippen LogP contribution is 2.16. The van der Waals surface area contributed by atoms with Crippen LogP contribution in [0.2, 0.25) is 0 Å². The van der Waals surface area contributed by atoms with Crippen LogP contribution in [0.4, 0.5) is 4.39 Å². The highest BCUT2D eigenvalue weighted by Gasteiger charge is 2.17. The van der Waals surface area contributed by atoms with Crippen molar-refractivity contribution in [3.63, 3.8) is 0 Å². The highest BCUT2D eigenvalue weighted by molar-refractivity contribution is 7.89. The number of benzene rings is 2. The second kappa shape index (κ2) is 9.81. The van der Waals surface area contributed by atoms with E-state index in [2.05, 4.69) is 15.6 Å². The fourth-order valence-electron chi connectivity index (χ4n) is 2.06. The van der Waals surface area contributed by atoms with Crippen LogP contribution >= 0.6 is 0 Å². The molecule has 0 saturated heterocycles. The molecule has 0 spiro atoms. The Bertz CT molecular complexity index is 922. The Morgan fingerprint density at radius 1 is 1.04 bits per heavy atom. The first-order valence-electron chi connectivity index (χ1n) is 8.34. The van der Waals surface area contributed by atoms with E-state index < -0.39 is 33.8 Å². The molecule has 2 amide bonds. The number of sulfonamides is 1. The molecule has 10 heteroatoms. The van der Waals surface area contributed by atoms with Gasteiger partial charge in [-0.1, -0.05) is 30.3 Å². The molecule has 0 fully saturated rings. The van der Waals surface area contributed by atoms with Crippen molar-refractivity contribution in [2.75, 3.05) is 6.54 Å². The van der Waals surface area contributed by atoms with Crippen LogP contribution in [0.1, 0.15) is 13.3 Å². The second-order valence-electron chi connectivity index (χ2n) is 5.69. The van der Waals surface area contributed by atoms with E-state index in [9.17, 15) is 22.4 Å². The van der Waals surface area contributed by atoms with Crippen molar-refractivity contribution in [3.05, 3.63) is 60.4 Å². The van der Waals surface area contributed by atoms with Gasteiger partial charge in [-0.2, -0.15) is 0 Å². The molecule has 3 N–H and O–H groups in total. The Kier molecular flexibility index (Phi) is 7.47. The third kappa shape index (κ3) is 6.32. The Labute approximate surface area is 162 Å². The topological polar surface area (TPSA) is 114 Å². The van der Waals surface area contributed by atoms with Gasteiger partial charge in [-0.15, -0.1) is 0 Å². The number of ether oxygens (including phenoxy) is 1. The van der Waals surface area contributed by atoms with Gasteiger partial charge in [-0.05, 0) is 31.2 Å². The zero-order chi connectivity index (χ0) is 20.6. The van der Waals surface area contributed by atoms with Crippen LogP contribution in [0.3, 0.4) is 0 Å². The molecule has 0 aliphatic carbocycles. The van der Waals surface area contributed by atoms with Gasteiger partial charge in [0.1, 0.15) is 0 Å². The molecule has 0 unspecified atom stereocenters. The van der Waals surface area contributed by atoms with E-state index in [0.29, 0.717) is 0 Å². The molecule has 150 valence electrons. The summed E-state index contributed by atoms with van der Waals surface area (Å²) >= 11 is 0. The van der Waals surface area contributed by atoms with Gasteiger partial charge in [0.05, 0.1) is 4.90 Å². The number of hydrogen-bond donors (Lipinski definition) is 3. The molecule has 2 aromatic carbocycles. The molecular weight excluding hydrogens is 389 g/mol. The van der Waals surface area contributed by atoms with Crippen LogP contribution in [0.25, 0.3) is 0 Å². The molecule has 0 bridgehead atoms. The maximum absolute atomic E-state index is 13.5. The number of halogens is 1. The van der Waals surface area contributed by atoms with Crippen LogP contribution in [0.5, 0.6) is 5.75 Å². The van der Waals surface area contributed by atoms with E-state index in [4.69, 9.17) is 4.74 Å². The van der Waals surface area contributed by atoms with Crippen molar-refractivity contribution in [2.24, 2.45) is 0 Å². The van der Waals surface area contributed by atoms with Crippen molar-refractivity contribution < 1.29 is 27.1 Å². The smallest absolute Gasteiger partial charge is 0.279 e. The monoisotopic (exact) mass is 409 g/mol. The lowest BCUT2D eigenvalue weighted by atomic mass is 10.3. The largest absolute Gasteiger partial charge is 0.478 e. The summed E-state index contributed by atoms with van der Waals surface area (Å²) in [6, 6.07) is 13.3. The van der Waals surface area contributed by atoms with Crippen molar-refractivity contribution in [2.45, 2.75) is 24.3 Å². The molecule has 0 aromatic heterocycles. The summed E-state index contributed by atoms with van der Waals surface area (Å²) in [5, 5.41) is 0. The van der Waals surface area contributed by atoms with Crippen molar-refractivity contribution in [1.82, 2.24) is 15.6 Å². The Morgan fingerprint density at radius 2 is 1.68 bits per heavy atom. The standard InChI is InChI=1S/C18H20FN3O5S/c1-13(27-16-10-6-5-9-15(16)19)18(24)22-21-17(23)11-12-20-28(25,26)14-7-3-2-4-8-14/h2-10,13,20H,11-12H2,1H3,(H,21,23)(H,22,24)/t13-/m1/s1. The first-order chi connectivity index (χ1) is 13.3. The predicted molar refractivity (Wildman–Crippen MR) is 99.0 cm³/mol. The Balaban J connectivity index is 1.73. The minimum Gasteiger partial charge on any atom is -0.478 e. The Morgan fingerprint density at radius 3 is 2.36 bits per heavy atom. The molecule has 0 saturated carbocycles.